The van der Waals surface area contributed by atoms with Crippen LogP contribution in [0.15, 0.2) is 11.0 Å². The molecule has 0 N–H and O–H groups in total. The molecular formula is C10H18N2O. The van der Waals surface area contributed by atoms with Crippen LogP contribution in [0.1, 0.15) is 45.5 Å². The molecule has 74 valence electrons. The largest absolute Gasteiger partial charge is 0.328 e. The van der Waals surface area contributed by atoms with Gasteiger partial charge in [0.2, 0.25) is 0 Å². The van der Waals surface area contributed by atoms with E-state index in [1.54, 1.807) is 4.57 Å². The molecule has 0 bridgehead atoms. The fraction of sp³-hybridized carbons (Fsp3) is 0.700. The van der Waals surface area contributed by atoms with Gasteiger partial charge < -0.3 is 0 Å². The average molecular weight is 182 g/mol. The molecule has 0 radical (unpaired) electrons. The molecule has 3 nitrogen and oxygen atoms in total. The quantitative estimate of drug-likeness (QED) is 0.688. The summed E-state index contributed by atoms with van der Waals surface area (Å²) in [4.78, 5) is 11.8. The minimum absolute atomic E-state index is 0.0995. The summed E-state index contributed by atoms with van der Waals surface area (Å²) in [6.45, 7) is 10.1. The molecule has 0 aliphatic heterocycles. The van der Waals surface area contributed by atoms with E-state index in [1.807, 2.05) is 45.4 Å². The van der Waals surface area contributed by atoms with E-state index in [9.17, 15) is 4.79 Å². The lowest BCUT2D eigenvalue weighted by Gasteiger charge is -2.08. The summed E-state index contributed by atoms with van der Waals surface area (Å²) >= 11 is 0. The SMILES string of the molecule is Cc1cn(C(C)C)c(=O)n1C(C)C. The predicted molar refractivity (Wildman–Crippen MR) is 54.2 cm³/mol. The third-order valence-electron chi connectivity index (χ3n) is 2.21. The number of imidazole rings is 1. The smallest absolute Gasteiger partial charge is 0.296 e. The number of nitrogens with zero attached hydrogens (tertiary/aromatic N) is 2. The maximum absolute atomic E-state index is 11.8. The summed E-state index contributed by atoms with van der Waals surface area (Å²) in [5.74, 6) is 0. The molecule has 0 saturated heterocycles. The fourth-order valence-corrected chi connectivity index (χ4v) is 1.59. The molecule has 0 aliphatic carbocycles. The van der Waals surface area contributed by atoms with Crippen molar-refractivity contribution in [2.75, 3.05) is 0 Å². The van der Waals surface area contributed by atoms with Crippen LogP contribution in [0, 0.1) is 6.92 Å². The molecule has 0 spiro atoms. The first kappa shape index (κ1) is 10.1. The molecule has 0 aromatic carbocycles. The first-order valence-corrected chi connectivity index (χ1v) is 4.75. The number of hydrogen-bond acceptors (Lipinski definition) is 1. The van der Waals surface area contributed by atoms with Crippen molar-refractivity contribution in [2.45, 2.75) is 46.7 Å². The zero-order valence-electron chi connectivity index (χ0n) is 9.03. The van der Waals surface area contributed by atoms with E-state index in [0.29, 0.717) is 0 Å². The van der Waals surface area contributed by atoms with E-state index in [2.05, 4.69) is 0 Å². The summed E-state index contributed by atoms with van der Waals surface area (Å²) in [6.07, 6.45) is 1.92. The van der Waals surface area contributed by atoms with E-state index in [4.69, 9.17) is 0 Å². The third kappa shape index (κ3) is 1.69. The Balaban J connectivity index is 3.31. The predicted octanol–water partition coefficient (Wildman–Crippen LogP) is 2.12. The van der Waals surface area contributed by atoms with Gasteiger partial charge in [-0.15, -0.1) is 0 Å². The topological polar surface area (TPSA) is 26.9 Å². The van der Waals surface area contributed by atoms with Crippen LogP contribution in [0.3, 0.4) is 0 Å². The normalized spacial score (nSPS) is 11.6. The molecule has 0 amide bonds. The molecule has 0 aliphatic rings. The van der Waals surface area contributed by atoms with Crippen molar-refractivity contribution >= 4 is 0 Å². The molecule has 13 heavy (non-hydrogen) atoms. The van der Waals surface area contributed by atoms with E-state index in [1.165, 1.54) is 0 Å². The van der Waals surface area contributed by atoms with Crippen LogP contribution in [0.5, 0.6) is 0 Å². The van der Waals surface area contributed by atoms with Crippen molar-refractivity contribution < 1.29 is 0 Å². The van der Waals surface area contributed by atoms with Gasteiger partial charge in [0.05, 0.1) is 0 Å². The lowest BCUT2D eigenvalue weighted by atomic mass is 10.4. The minimum atomic E-state index is 0.0995. The van der Waals surface area contributed by atoms with Gasteiger partial charge in [-0.3, -0.25) is 9.13 Å². The Hall–Kier alpha value is -0.990. The second kappa shape index (κ2) is 3.40. The second-order valence-corrected chi connectivity index (χ2v) is 4.02. The maximum atomic E-state index is 11.8. The number of aryl methyl sites for hydroxylation is 1. The Morgan fingerprint density at radius 3 is 1.92 bits per heavy atom. The van der Waals surface area contributed by atoms with Crippen molar-refractivity contribution in [2.24, 2.45) is 0 Å². The van der Waals surface area contributed by atoms with Gasteiger partial charge >= 0.3 is 5.69 Å². The van der Waals surface area contributed by atoms with Gasteiger partial charge in [0.15, 0.2) is 0 Å². The van der Waals surface area contributed by atoms with Gasteiger partial charge in [-0.1, -0.05) is 0 Å². The van der Waals surface area contributed by atoms with E-state index >= 15 is 0 Å². The first-order valence-electron chi connectivity index (χ1n) is 4.75. The Bertz CT molecular complexity index is 344. The van der Waals surface area contributed by atoms with E-state index < -0.39 is 0 Å². The molecule has 3 heteroatoms. The van der Waals surface area contributed by atoms with Crippen LogP contribution >= 0.6 is 0 Å². The van der Waals surface area contributed by atoms with Crippen molar-refractivity contribution in [3.8, 4) is 0 Å². The fourth-order valence-electron chi connectivity index (χ4n) is 1.59. The highest BCUT2D eigenvalue weighted by atomic mass is 16.1. The molecule has 0 atom stereocenters. The highest BCUT2D eigenvalue weighted by Crippen LogP contribution is 2.08. The molecule has 0 unspecified atom stereocenters. The minimum Gasteiger partial charge on any atom is -0.296 e. The molecule has 1 rings (SSSR count). The van der Waals surface area contributed by atoms with Crippen molar-refractivity contribution in [3.63, 3.8) is 0 Å². The van der Waals surface area contributed by atoms with Crippen LogP contribution in [-0.4, -0.2) is 9.13 Å². The third-order valence-corrected chi connectivity index (χ3v) is 2.21. The highest BCUT2D eigenvalue weighted by molar-refractivity contribution is 5.00. The first-order chi connectivity index (χ1) is 5.95. The van der Waals surface area contributed by atoms with Gasteiger partial charge in [0, 0.05) is 24.0 Å². The molecule has 1 aromatic rings. The van der Waals surface area contributed by atoms with E-state index in [0.717, 1.165) is 5.69 Å². The summed E-state index contributed by atoms with van der Waals surface area (Å²) in [6, 6.07) is 0.485. The zero-order valence-corrected chi connectivity index (χ0v) is 9.03. The second-order valence-electron chi connectivity index (χ2n) is 4.02. The number of rotatable bonds is 2. The van der Waals surface area contributed by atoms with Gasteiger partial charge in [0.1, 0.15) is 0 Å². The lowest BCUT2D eigenvalue weighted by Crippen LogP contribution is -2.26. The number of hydrogen-bond donors (Lipinski definition) is 0. The maximum Gasteiger partial charge on any atom is 0.328 e. The molecule has 1 aromatic heterocycles. The summed E-state index contributed by atoms with van der Waals surface area (Å²) in [7, 11) is 0. The van der Waals surface area contributed by atoms with Gasteiger partial charge in [-0.05, 0) is 34.6 Å². The Morgan fingerprint density at radius 2 is 1.69 bits per heavy atom. The van der Waals surface area contributed by atoms with Crippen molar-refractivity contribution in [1.29, 1.82) is 0 Å². The summed E-state index contributed by atoms with van der Waals surface area (Å²) in [5, 5.41) is 0. The summed E-state index contributed by atoms with van der Waals surface area (Å²) < 4.78 is 3.59. The van der Waals surface area contributed by atoms with Crippen LogP contribution < -0.4 is 5.69 Å². The van der Waals surface area contributed by atoms with Crippen molar-refractivity contribution in [1.82, 2.24) is 9.13 Å². The van der Waals surface area contributed by atoms with Gasteiger partial charge in [0.25, 0.3) is 0 Å². The standard InChI is InChI=1S/C10H18N2O/c1-7(2)11-6-9(5)12(8(3)4)10(11)13/h6-8H,1-5H3. The Labute approximate surface area is 79.0 Å². The zero-order chi connectivity index (χ0) is 10.2. The Kier molecular flexibility index (Phi) is 2.64. The monoisotopic (exact) mass is 182 g/mol. The molecule has 1 heterocycles. The van der Waals surface area contributed by atoms with Crippen LogP contribution in [0.2, 0.25) is 0 Å². The number of aromatic nitrogens is 2. The van der Waals surface area contributed by atoms with Crippen LogP contribution in [0.25, 0.3) is 0 Å². The molecular weight excluding hydrogens is 164 g/mol. The van der Waals surface area contributed by atoms with E-state index in [-0.39, 0.29) is 17.8 Å². The van der Waals surface area contributed by atoms with Gasteiger partial charge in [-0.25, -0.2) is 4.79 Å². The van der Waals surface area contributed by atoms with Crippen molar-refractivity contribution in [3.05, 3.63) is 22.4 Å². The van der Waals surface area contributed by atoms with Crippen LogP contribution in [-0.2, 0) is 0 Å². The average Bonchev–Trinajstić information content (AvgIpc) is 2.26. The highest BCUT2D eigenvalue weighted by Gasteiger charge is 2.11. The Morgan fingerprint density at radius 1 is 1.15 bits per heavy atom. The molecule has 0 fully saturated rings. The molecule has 0 saturated carbocycles. The van der Waals surface area contributed by atoms with Crippen LogP contribution in [0.4, 0.5) is 0 Å². The summed E-state index contributed by atoms with van der Waals surface area (Å²) in [5.41, 5.74) is 1.14. The van der Waals surface area contributed by atoms with Gasteiger partial charge in [-0.2, -0.15) is 0 Å². The lowest BCUT2D eigenvalue weighted by molar-refractivity contribution is 0.517.